The second kappa shape index (κ2) is 7.35. The molecule has 1 unspecified atom stereocenters. The van der Waals surface area contributed by atoms with Crippen LogP contribution in [0.15, 0.2) is 48.5 Å². The molecule has 0 heterocycles. The zero-order valence-corrected chi connectivity index (χ0v) is 12.5. The van der Waals surface area contributed by atoms with E-state index in [0.717, 1.165) is 12.2 Å². The van der Waals surface area contributed by atoms with E-state index in [1.807, 2.05) is 36.4 Å². The van der Waals surface area contributed by atoms with Crippen molar-refractivity contribution in [3.05, 3.63) is 59.7 Å². The van der Waals surface area contributed by atoms with E-state index in [1.165, 1.54) is 16.8 Å². The summed E-state index contributed by atoms with van der Waals surface area (Å²) in [7, 11) is 0. The zero-order valence-electron chi connectivity index (χ0n) is 12.5. The first-order chi connectivity index (χ1) is 10.2. The number of nitriles is 1. The minimum absolute atomic E-state index is 0.0804. The number of nitrogens with one attached hydrogen (secondary N) is 1. The van der Waals surface area contributed by atoms with Crippen molar-refractivity contribution in [2.45, 2.75) is 26.3 Å². The molecule has 2 aromatic carbocycles. The highest BCUT2D eigenvalue weighted by molar-refractivity contribution is 5.52. The second-order valence-electron chi connectivity index (χ2n) is 4.89. The van der Waals surface area contributed by atoms with Crippen molar-refractivity contribution < 1.29 is 4.74 Å². The van der Waals surface area contributed by atoms with Crippen LogP contribution < -0.4 is 10.1 Å². The third kappa shape index (κ3) is 4.00. The predicted octanol–water partition coefficient (Wildman–Crippen LogP) is 4.32. The van der Waals surface area contributed by atoms with E-state index in [-0.39, 0.29) is 12.6 Å². The highest BCUT2D eigenvalue weighted by atomic mass is 16.5. The molecule has 0 saturated carbocycles. The Morgan fingerprint density at radius 1 is 1.14 bits per heavy atom. The van der Waals surface area contributed by atoms with Gasteiger partial charge in [-0.25, -0.2) is 0 Å². The molecular formula is C18H20N2O. The summed E-state index contributed by atoms with van der Waals surface area (Å²) in [6.07, 6.45) is 1.01. The van der Waals surface area contributed by atoms with Crippen molar-refractivity contribution >= 4 is 5.69 Å². The molecule has 0 aliphatic carbocycles. The van der Waals surface area contributed by atoms with Gasteiger partial charge in [0.15, 0.2) is 6.61 Å². The minimum atomic E-state index is 0.0804. The molecule has 0 saturated heterocycles. The number of benzene rings is 2. The first-order valence-electron chi connectivity index (χ1n) is 7.18. The molecular weight excluding hydrogens is 260 g/mol. The molecule has 0 fully saturated rings. The number of nitrogens with zero attached hydrogens (tertiary/aromatic N) is 1. The molecule has 0 aromatic heterocycles. The summed E-state index contributed by atoms with van der Waals surface area (Å²) in [4.78, 5) is 0. The van der Waals surface area contributed by atoms with Gasteiger partial charge in [-0.05, 0) is 42.7 Å². The maximum atomic E-state index is 8.50. The Morgan fingerprint density at radius 3 is 2.52 bits per heavy atom. The summed E-state index contributed by atoms with van der Waals surface area (Å²) >= 11 is 0. The van der Waals surface area contributed by atoms with Gasteiger partial charge in [0.2, 0.25) is 0 Å². The Hall–Kier alpha value is -2.47. The molecule has 21 heavy (non-hydrogen) atoms. The lowest BCUT2D eigenvalue weighted by atomic mass is 10.1. The van der Waals surface area contributed by atoms with E-state index in [2.05, 4.69) is 37.4 Å². The van der Waals surface area contributed by atoms with Crippen LogP contribution in [0.3, 0.4) is 0 Å². The third-order valence-corrected chi connectivity index (χ3v) is 3.45. The van der Waals surface area contributed by atoms with Crippen LogP contribution in [-0.4, -0.2) is 6.61 Å². The van der Waals surface area contributed by atoms with Crippen molar-refractivity contribution in [2.24, 2.45) is 0 Å². The Labute approximate surface area is 126 Å². The molecule has 0 aliphatic heterocycles. The number of hydrogen-bond donors (Lipinski definition) is 1. The van der Waals surface area contributed by atoms with Crippen LogP contribution >= 0.6 is 0 Å². The minimum Gasteiger partial charge on any atom is -0.479 e. The normalized spacial score (nSPS) is 11.5. The fraction of sp³-hybridized carbons (Fsp3) is 0.278. The van der Waals surface area contributed by atoms with E-state index < -0.39 is 0 Å². The number of aryl methyl sites for hydroxylation is 1. The standard InChI is InChI=1S/C18H20N2O/c1-3-15-6-4-5-7-18(15)20-14(2)16-8-10-17(11-9-16)21-13-12-19/h4-11,14,20H,3,13H2,1-2H3. The van der Waals surface area contributed by atoms with Crippen LogP contribution in [0.2, 0.25) is 0 Å². The van der Waals surface area contributed by atoms with Gasteiger partial charge in [0.25, 0.3) is 0 Å². The molecule has 0 aliphatic rings. The molecule has 0 amide bonds. The van der Waals surface area contributed by atoms with Crippen LogP contribution in [0.5, 0.6) is 5.75 Å². The Bertz CT molecular complexity index is 614. The molecule has 2 rings (SSSR count). The maximum Gasteiger partial charge on any atom is 0.174 e. The van der Waals surface area contributed by atoms with Gasteiger partial charge in [0.1, 0.15) is 11.8 Å². The summed E-state index contributed by atoms with van der Waals surface area (Å²) in [5.41, 5.74) is 3.68. The predicted molar refractivity (Wildman–Crippen MR) is 85.4 cm³/mol. The molecule has 1 atom stereocenters. The molecule has 3 heteroatoms. The van der Waals surface area contributed by atoms with Gasteiger partial charge in [0, 0.05) is 11.7 Å². The number of hydrogen-bond acceptors (Lipinski definition) is 3. The van der Waals surface area contributed by atoms with Crippen molar-refractivity contribution in [1.82, 2.24) is 0 Å². The average Bonchev–Trinajstić information content (AvgIpc) is 2.54. The Kier molecular flexibility index (Phi) is 5.22. The van der Waals surface area contributed by atoms with E-state index in [9.17, 15) is 0 Å². The van der Waals surface area contributed by atoms with Crippen molar-refractivity contribution in [1.29, 1.82) is 5.26 Å². The molecule has 0 bridgehead atoms. The molecule has 1 N–H and O–H groups in total. The lowest BCUT2D eigenvalue weighted by Gasteiger charge is -2.18. The molecule has 108 valence electrons. The highest BCUT2D eigenvalue weighted by Gasteiger charge is 2.07. The summed E-state index contributed by atoms with van der Waals surface area (Å²) < 4.78 is 5.26. The smallest absolute Gasteiger partial charge is 0.174 e. The van der Waals surface area contributed by atoms with Crippen molar-refractivity contribution in [3.63, 3.8) is 0 Å². The molecule has 0 radical (unpaired) electrons. The SMILES string of the molecule is CCc1ccccc1NC(C)c1ccc(OCC#N)cc1. The van der Waals surface area contributed by atoms with Gasteiger partial charge in [-0.1, -0.05) is 37.3 Å². The third-order valence-electron chi connectivity index (χ3n) is 3.45. The molecule has 2 aromatic rings. The zero-order chi connectivity index (χ0) is 15.1. The van der Waals surface area contributed by atoms with Gasteiger partial charge in [-0.15, -0.1) is 0 Å². The summed E-state index contributed by atoms with van der Waals surface area (Å²) in [5.74, 6) is 0.724. The fourth-order valence-electron chi connectivity index (χ4n) is 2.25. The monoisotopic (exact) mass is 280 g/mol. The van der Waals surface area contributed by atoms with E-state index in [4.69, 9.17) is 10.00 Å². The second-order valence-corrected chi connectivity index (χ2v) is 4.89. The Morgan fingerprint density at radius 2 is 1.86 bits per heavy atom. The van der Waals surface area contributed by atoms with Gasteiger partial charge in [0.05, 0.1) is 0 Å². The van der Waals surface area contributed by atoms with Crippen LogP contribution in [0.1, 0.15) is 31.0 Å². The Balaban J connectivity index is 2.06. The lowest BCUT2D eigenvalue weighted by Crippen LogP contribution is -2.08. The number of para-hydroxylation sites is 1. The van der Waals surface area contributed by atoms with Crippen molar-refractivity contribution in [2.75, 3.05) is 11.9 Å². The lowest BCUT2D eigenvalue weighted by molar-refractivity contribution is 0.368. The summed E-state index contributed by atoms with van der Waals surface area (Å²) in [6.45, 7) is 4.38. The molecule has 3 nitrogen and oxygen atoms in total. The first kappa shape index (κ1) is 14.9. The summed E-state index contributed by atoms with van der Waals surface area (Å²) in [6, 6.07) is 18.4. The highest BCUT2D eigenvalue weighted by Crippen LogP contribution is 2.24. The number of anilines is 1. The van der Waals surface area contributed by atoms with Crippen molar-refractivity contribution in [3.8, 4) is 11.8 Å². The largest absolute Gasteiger partial charge is 0.479 e. The van der Waals surface area contributed by atoms with Crippen LogP contribution in [0.25, 0.3) is 0 Å². The topological polar surface area (TPSA) is 45.0 Å². The van der Waals surface area contributed by atoms with Crippen LogP contribution in [-0.2, 0) is 6.42 Å². The van der Waals surface area contributed by atoms with Gasteiger partial charge >= 0.3 is 0 Å². The van der Waals surface area contributed by atoms with Gasteiger partial charge in [-0.2, -0.15) is 5.26 Å². The maximum absolute atomic E-state index is 8.50. The van der Waals surface area contributed by atoms with Crippen LogP contribution in [0, 0.1) is 11.3 Å². The van der Waals surface area contributed by atoms with Gasteiger partial charge < -0.3 is 10.1 Å². The van der Waals surface area contributed by atoms with E-state index >= 15 is 0 Å². The van der Waals surface area contributed by atoms with Gasteiger partial charge in [-0.3, -0.25) is 0 Å². The van der Waals surface area contributed by atoms with Crippen LogP contribution in [0.4, 0.5) is 5.69 Å². The van der Waals surface area contributed by atoms with E-state index in [0.29, 0.717) is 0 Å². The first-order valence-corrected chi connectivity index (χ1v) is 7.18. The fourth-order valence-corrected chi connectivity index (χ4v) is 2.25. The molecule has 0 spiro atoms. The number of ether oxygens (including phenoxy) is 1. The van der Waals surface area contributed by atoms with E-state index in [1.54, 1.807) is 0 Å². The summed E-state index contributed by atoms with van der Waals surface area (Å²) in [5, 5.41) is 12.0. The number of rotatable bonds is 6. The average molecular weight is 280 g/mol. The quantitative estimate of drug-likeness (QED) is 0.856.